The van der Waals surface area contributed by atoms with Crippen LogP contribution in [0.1, 0.15) is 22.6 Å². The van der Waals surface area contributed by atoms with Crippen molar-refractivity contribution >= 4 is 11.7 Å². The van der Waals surface area contributed by atoms with E-state index in [-0.39, 0.29) is 18.4 Å². The van der Waals surface area contributed by atoms with Gasteiger partial charge in [0.25, 0.3) is 0 Å². The summed E-state index contributed by atoms with van der Waals surface area (Å²) in [5, 5.41) is 11.5. The number of hydrogen-bond donors (Lipinski definition) is 2. The Morgan fingerprint density at radius 1 is 1.38 bits per heavy atom. The van der Waals surface area contributed by atoms with E-state index in [1.807, 2.05) is 24.3 Å². The first kappa shape index (κ1) is 13.3. The normalized spacial score (nSPS) is 15.2. The number of rotatable bonds is 2. The number of anilines is 1. The highest BCUT2D eigenvalue weighted by Gasteiger charge is 2.31. The topological polar surface area (TPSA) is 62.2 Å². The van der Waals surface area contributed by atoms with Gasteiger partial charge in [0.1, 0.15) is 12.4 Å². The second-order valence-corrected chi connectivity index (χ2v) is 4.83. The van der Waals surface area contributed by atoms with Crippen molar-refractivity contribution in [3.8, 4) is 11.8 Å². The van der Waals surface area contributed by atoms with Gasteiger partial charge in [0.15, 0.2) is 0 Å². The molecule has 0 saturated carbocycles. The number of pyridine rings is 1. The van der Waals surface area contributed by atoms with Gasteiger partial charge in [-0.2, -0.15) is 0 Å². The fourth-order valence-corrected chi connectivity index (χ4v) is 2.42. The molecule has 104 valence electrons. The molecule has 0 radical (unpaired) electrons. The maximum absolute atomic E-state index is 12.3. The summed E-state index contributed by atoms with van der Waals surface area (Å²) in [6, 6.07) is 11.4. The number of nitrogens with zero attached hydrogens (tertiary/aromatic N) is 1. The third-order valence-electron chi connectivity index (χ3n) is 3.49. The lowest BCUT2D eigenvalue weighted by Crippen LogP contribution is -2.30. The number of aliphatic hydroxyl groups is 1. The van der Waals surface area contributed by atoms with Gasteiger partial charge in [-0.3, -0.25) is 4.79 Å². The molecule has 0 aliphatic heterocycles. The number of aromatic nitrogens is 1. The second kappa shape index (κ2) is 5.78. The molecule has 1 aromatic carbocycles. The first-order valence-electron chi connectivity index (χ1n) is 6.72. The summed E-state index contributed by atoms with van der Waals surface area (Å²) in [6.45, 7) is -0.192. The Labute approximate surface area is 122 Å². The van der Waals surface area contributed by atoms with Gasteiger partial charge >= 0.3 is 0 Å². The summed E-state index contributed by atoms with van der Waals surface area (Å²) in [6.07, 6.45) is 2.36. The molecule has 4 nitrogen and oxygen atoms in total. The van der Waals surface area contributed by atoms with E-state index in [2.05, 4.69) is 22.1 Å². The van der Waals surface area contributed by atoms with Gasteiger partial charge in [-0.15, -0.1) is 0 Å². The van der Waals surface area contributed by atoms with Crippen molar-refractivity contribution in [2.24, 2.45) is 0 Å². The minimum Gasteiger partial charge on any atom is -0.384 e. The predicted molar refractivity (Wildman–Crippen MR) is 79.7 cm³/mol. The summed E-state index contributed by atoms with van der Waals surface area (Å²) >= 11 is 0. The minimum atomic E-state index is -0.192. The minimum absolute atomic E-state index is 0.0477. The number of carbonyl (C=O) groups excluding carboxylic acids is 1. The lowest BCUT2D eigenvalue weighted by atomic mass is 9.77. The molecule has 21 heavy (non-hydrogen) atoms. The van der Waals surface area contributed by atoms with Crippen molar-refractivity contribution in [2.45, 2.75) is 12.3 Å². The molecule has 4 heteroatoms. The average molecular weight is 278 g/mol. The number of fused-ring (bicyclic) bond motifs is 1. The zero-order valence-corrected chi connectivity index (χ0v) is 11.3. The third-order valence-corrected chi connectivity index (χ3v) is 3.49. The number of amides is 1. The lowest BCUT2D eigenvalue weighted by molar-refractivity contribution is -0.118. The molecule has 2 aromatic rings. The monoisotopic (exact) mass is 278 g/mol. The highest BCUT2D eigenvalue weighted by atomic mass is 16.2. The smallest absolute Gasteiger partial charge is 0.233 e. The number of aliphatic hydroxyl groups excluding tert-OH is 1. The Kier molecular flexibility index (Phi) is 3.67. The highest BCUT2D eigenvalue weighted by molar-refractivity contribution is 5.97. The van der Waals surface area contributed by atoms with E-state index >= 15 is 0 Å². The molecule has 0 saturated heterocycles. The van der Waals surface area contributed by atoms with Gasteiger partial charge in [-0.25, -0.2) is 4.98 Å². The van der Waals surface area contributed by atoms with E-state index in [1.54, 1.807) is 18.3 Å². The largest absolute Gasteiger partial charge is 0.384 e. The van der Waals surface area contributed by atoms with E-state index in [9.17, 15) is 4.79 Å². The van der Waals surface area contributed by atoms with E-state index in [0.29, 0.717) is 11.4 Å². The molecular weight excluding hydrogens is 264 g/mol. The van der Waals surface area contributed by atoms with Crippen LogP contribution >= 0.6 is 0 Å². The van der Waals surface area contributed by atoms with Gasteiger partial charge < -0.3 is 10.4 Å². The van der Waals surface area contributed by atoms with Crippen LogP contribution in [0.3, 0.4) is 0 Å². The van der Waals surface area contributed by atoms with E-state index in [4.69, 9.17) is 5.11 Å². The maximum atomic E-state index is 12.3. The maximum Gasteiger partial charge on any atom is 0.233 e. The molecule has 2 N–H and O–H groups in total. The number of benzene rings is 1. The third kappa shape index (κ3) is 2.78. The molecule has 1 amide bonds. The van der Waals surface area contributed by atoms with Crippen LogP contribution in [0.25, 0.3) is 0 Å². The van der Waals surface area contributed by atoms with Crippen LogP contribution in [-0.4, -0.2) is 22.6 Å². The van der Waals surface area contributed by atoms with E-state index in [1.165, 1.54) is 5.56 Å². The van der Waals surface area contributed by atoms with Crippen molar-refractivity contribution < 1.29 is 9.90 Å². The molecule has 1 unspecified atom stereocenters. The Morgan fingerprint density at radius 3 is 3.05 bits per heavy atom. The van der Waals surface area contributed by atoms with Crippen LogP contribution in [0.4, 0.5) is 5.82 Å². The Hall–Kier alpha value is -2.64. The summed E-state index contributed by atoms with van der Waals surface area (Å²) in [5.41, 5.74) is 3.03. The van der Waals surface area contributed by atoms with E-state index < -0.39 is 0 Å². The van der Waals surface area contributed by atoms with Crippen molar-refractivity contribution in [2.75, 3.05) is 11.9 Å². The van der Waals surface area contributed by atoms with Gasteiger partial charge in [0.2, 0.25) is 5.91 Å². The van der Waals surface area contributed by atoms with Crippen molar-refractivity contribution in [3.05, 3.63) is 59.3 Å². The molecule has 0 spiro atoms. The quantitative estimate of drug-likeness (QED) is 0.822. The summed E-state index contributed by atoms with van der Waals surface area (Å²) in [4.78, 5) is 16.4. The zero-order chi connectivity index (χ0) is 14.7. The SMILES string of the molecule is O=C(Nc1cc(C#CCO)ccn1)C1Cc2ccccc21. The molecule has 1 heterocycles. The fourth-order valence-electron chi connectivity index (χ4n) is 2.42. The molecule has 1 atom stereocenters. The standard InChI is InChI=1S/C17H14N2O2/c20-9-3-4-12-7-8-18-16(10-12)19-17(21)15-11-13-5-1-2-6-14(13)15/h1-2,5-8,10,15,20H,9,11H2,(H,18,19,21). The van der Waals surface area contributed by atoms with Crippen molar-refractivity contribution in [1.82, 2.24) is 4.98 Å². The number of nitrogens with one attached hydrogen (secondary N) is 1. The van der Waals surface area contributed by atoms with Crippen molar-refractivity contribution in [1.29, 1.82) is 0 Å². The Morgan fingerprint density at radius 2 is 2.24 bits per heavy atom. The van der Waals surface area contributed by atoms with Gasteiger partial charge in [-0.1, -0.05) is 36.1 Å². The van der Waals surface area contributed by atoms with Crippen LogP contribution in [0.5, 0.6) is 0 Å². The summed E-state index contributed by atoms with van der Waals surface area (Å²) in [5.74, 6) is 5.69. The summed E-state index contributed by atoms with van der Waals surface area (Å²) in [7, 11) is 0. The van der Waals surface area contributed by atoms with Gasteiger partial charge in [-0.05, 0) is 29.7 Å². The molecule has 3 rings (SSSR count). The molecular formula is C17H14N2O2. The molecule has 0 bridgehead atoms. The van der Waals surface area contributed by atoms with Gasteiger partial charge in [0, 0.05) is 11.8 Å². The average Bonchev–Trinajstić information content (AvgIpc) is 2.47. The number of carbonyl (C=O) groups is 1. The molecule has 1 aliphatic carbocycles. The predicted octanol–water partition coefficient (Wildman–Crippen LogP) is 1.70. The summed E-state index contributed by atoms with van der Waals surface area (Å²) < 4.78 is 0. The van der Waals surface area contributed by atoms with Gasteiger partial charge in [0.05, 0.1) is 5.92 Å². The van der Waals surface area contributed by atoms with Crippen LogP contribution in [0, 0.1) is 11.8 Å². The first-order chi connectivity index (χ1) is 10.3. The fraction of sp³-hybridized carbons (Fsp3) is 0.176. The van der Waals surface area contributed by atoms with Crippen LogP contribution in [0.15, 0.2) is 42.6 Å². The highest BCUT2D eigenvalue weighted by Crippen LogP contribution is 2.35. The van der Waals surface area contributed by atoms with Crippen LogP contribution < -0.4 is 5.32 Å². The molecule has 0 fully saturated rings. The second-order valence-electron chi connectivity index (χ2n) is 4.83. The van der Waals surface area contributed by atoms with Crippen LogP contribution in [0.2, 0.25) is 0 Å². The lowest BCUT2D eigenvalue weighted by Gasteiger charge is -2.28. The van der Waals surface area contributed by atoms with Crippen LogP contribution in [-0.2, 0) is 11.2 Å². The molecule has 1 aliphatic rings. The molecule has 1 aromatic heterocycles. The van der Waals surface area contributed by atoms with E-state index in [0.717, 1.165) is 12.0 Å². The Balaban J connectivity index is 1.72. The Bertz CT molecular complexity index is 744. The van der Waals surface area contributed by atoms with Crippen molar-refractivity contribution in [3.63, 3.8) is 0 Å². The number of hydrogen-bond acceptors (Lipinski definition) is 3. The zero-order valence-electron chi connectivity index (χ0n) is 11.3. The first-order valence-corrected chi connectivity index (χ1v) is 6.72.